The van der Waals surface area contributed by atoms with E-state index in [2.05, 4.69) is 15.2 Å². The third-order valence-electron chi connectivity index (χ3n) is 4.19. The first-order chi connectivity index (χ1) is 11.8. The van der Waals surface area contributed by atoms with Gasteiger partial charge in [-0.3, -0.25) is 9.78 Å². The number of rotatable bonds is 3. The summed E-state index contributed by atoms with van der Waals surface area (Å²) >= 11 is 0. The number of amides is 1. The monoisotopic (exact) mass is 320 g/mol. The van der Waals surface area contributed by atoms with E-state index >= 15 is 0 Å². The van der Waals surface area contributed by atoms with Crippen molar-refractivity contribution in [2.24, 2.45) is 0 Å². The van der Waals surface area contributed by atoms with Gasteiger partial charge in [0, 0.05) is 31.0 Å². The van der Waals surface area contributed by atoms with E-state index in [0.29, 0.717) is 30.4 Å². The molecule has 4 rings (SSSR count). The molecule has 1 amide bonds. The summed E-state index contributed by atoms with van der Waals surface area (Å²) in [6.45, 7) is 1.30. The number of pyridine rings is 1. The summed E-state index contributed by atoms with van der Waals surface area (Å²) in [4.78, 5) is 18.4. The van der Waals surface area contributed by atoms with Crippen LogP contribution >= 0.6 is 0 Å². The Hall–Kier alpha value is -3.02. The maximum absolute atomic E-state index is 12.5. The van der Waals surface area contributed by atoms with Gasteiger partial charge in [-0.2, -0.15) is 0 Å². The van der Waals surface area contributed by atoms with Gasteiger partial charge in [-0.1, -0.05) is 18.2 Å². The molecule has 120 valence electrons. The van der Waals surface area contributed by atoms with Gasteiger partial charge in [-0.25, -0.2) is 0 Å². The van der Waals surface area contributed by atoms with Gasteiger partial charge in [0.25, 0.3) is 5.91 Å². The highest BCUT2D eigenvalue weighted by Gasteiger charge is 2.31. The number of likely N-dealkylation sites (tertiary alicyclic amines) is 1. The predicted molar refractivity (Wildman–Crippen MR) is 87.2 cm³/mol. The van der Waals surface area contributed by atoms with Crippen LogP contribution in [0.15, 0.2) is 59.3 Å². The molecule has 3 aromatic rings. The molecule has 0 N–H and O–H groups in total. The van der Waals surface area contributed by atoms with Crippen LogP contribution in [-0.4, -0.2) is 39.1 Å². The van der Waals surface area contributed by atoms with Crippen LogP contribution < -0.4 is 0 Å². The molecule has 1 aromatic carbocycles. The van der Waals surface area contributed by atoms with Crippen molar-refractivity contribution in [3.8, 4) is 11.5 Å². The van der Waals surface area contributed by atoms with Crippen molar-refractivity contribution in [3.63, 3.8) is 0 Å². The largest absolute Gasteiger partial charge is 0.420 e. The number of benzene rings is 1. The average molecular weight is 320 g/mol. The van der Waals surface area contributed by atoms with Crippen LogP contribution in [0.3, 0.4) is 0 Å². The zero-order chi connectivity index (χ0) is 16.4. The predicted octanol–water partition coefficient (Wildman–Crippen LogP) is 2.76. The number of carbonyl (C=O) groups is 1. The molecule has 0 saturated carbocycles. The van der Waals surface area contributed by atoms with E-state index in [1.807, 2.05) is 47.4 Å². The van der Waals surface area contributed by atoms with E-state index in [4.69, 9.17) is 4.42 Å². The van der Waals surface area contributed by atoms with Gasteiger partial charge < -0.3 is 9.32 Å². The van der Waals surface area contributed by atoms with Crippen molar-refractivity contribution in [3.05, 3.63) is 66.3 Å². The maximum atomic E-state index is 12.5. The molecule has 1 aliphatic heterocycles. The second kappa shape index (κ2) is 6.23. The summed E-state index contributed by atoms with van der Waals surface area (Å²) in [5.74, 6) is 1.17. The Labute approximate surface area is 139 Å². The molecule has 3 heterocycles. The molecule has 1 atom stereocenters. The normalized spacial score (nSPS) is 17.2. The highest BCUT2D eigenvalue weighted by Crippen LogP contribution is 2.29. The lowest BCUT2D eigenvalue weighted by molar-refractivity contribution is 0.0790. The Morgan fingerprint density at radius 2 is 2.00 bits per heavy atom. The van der Waals surface area contributed by atoms with Crippen LogP contribution in [-0.2, 0) is 0 Å². The minimum atomic E-state index is 0.0464. The van der Waals surface area contributed by atoms with Gasteiger partial charge in [0.2, 0.25) is 11.8 Å². The summed E-state index contributed by atoms with van der Waals surface area (Å²) in [7, 11) is 0. The molecule has 6 nitrogen and oxygen atoms in total. The SMILES string of the molecule is O=C(c1ccccc1)N1CCC(c2nnc(-c3cccnc3)o2)C1. The standard InChI is InChI=1S/C18H16N4O2/c23-18(13-5-2-1-3-6-13)22-10-8-15(12-22)17-21-20-16(24-17)14-7-4-9-19-11-14/h1-7,9,11,15H,8,10,12H2. The quantitative estimate of drug-likeness (QED) is 0.742. The molecular formula is C18H16N4O2. The Morgan fingerprint density at radius 1 is 1.12 bits per heavy atom. The Morgan fingerprint density at radius 3 is 2.79 bits per heavy atom. The zero-order valence-corrected chi connectivity index (χ0v) is 13.0. The van der Waals surface area contributed by atoms with Crippen LogP contribution in [0.2, 0.25) is 0 Å². The molecule has 0 aliphatic carbocycles. The topological polar surface area (TPSA) is 72.1 Å². The number of nitrogens with zero attached hydrogens (tertiary/aromatic N) is 4. The highest BCUT2D eigenvalue weighted by molar-refractivity contribution is 5.94. The molecule has 1 fully saturated rings. The average Bonchev–Trinajstić information content (AvgIpc) is 3.32. The Kier molecular flexibility index (Phi) is 3.78. The molecule has 2 aromatic heterocycles. The van der Waals surface area contributed by atoms with Crippen LogP contribution in [0.4, 0.5) is 0 Å². The minimum Gasteiger partial charge on any atom is -0.420 e. The van der Waals surface area contributed by atoms with Crippen LogP contribution in [0.5, 0.6) is 0 Å². The molecule has 0 spiro atoms. The molecule has 1 saturated heterocycles. The van der Waals surface area contributed by atoms with E-state index in [9.17, 15) is 4.79 Å². The van der Waals surface area contributed by atoms with E-state index < -0.39 is 0 Å². The smallest absolute Gasteiger partial charge is 0.253 e. The molecule has 1 aliphatic rings. The van der Waals surface area contributed by atoms with Crippen molar-refractivity contribution < 1.29 is 9.21 Å². The van der Waals surface area contributed by atoms with Crippen LogP contribution in [0, 0.1) is 0 Å². The number of hydrogen-bond donors (Lipinski definition) is 0. The summed E-state index contributed by atoms with van der Waals surface area (Å²) in [5.41, 5.74) is 1.51. The minimum absolute atomic E-state index is 0.0464. The Balaban J connectivity index is 1.48. The first-order valence-corrected chi connectivity index (χ1v) is 7.89. The second-order valence-corrected chi connectivity index (χ2v) is 5.79. The summed E-state index contributed by atoms with van der Waals surface area (Å²) in [6, 6.07) is 13.0. The first kappa shape index (κ1) is 14.6. The zero-order valence-electron chi connectivity index (χ0n) is 13.0. The lowest BCUT2D eigenvalue weighted by Crippen LogP contribution is -2.28. The number of hydrogen-bond acceptors (Lipinski definition) is 5. The van der Waals surface area contributed by atoms with Crippen molar-refractivity contribution in [1.82, 2.24) is 20.1 Å². The highest BCUT2D eigenvalue weighted by atomic mass is 16.4. The lowest BCUT2D eigenvalue weighted by atomic mass is 10.1. The third kappa shape index (κ3) is 2.78. The van der Waals surface area contributed by atoms with Crippen LogP contribution in [0.25, 0.3) is 11.5 Å². The maximum Gasteiger partial charge on any atom is 0.253 e. The summed E-state index contributed by atoms with van der Waals surface area (Å²) in [5, 5.41) is 8.26. The van der Waals surface area contributed by atoms with Gasteiger partial charge >= 0.3 is 0 Å². The molecule has 6 heteroatoms. The summed E-state index contributed by atoms with van der Waals surface area (Å²) in [6.07, 6.45) is 4.22. The molecule has 0 bridgehead atoms. The Bertz CT molecular complexity index is 832. The van der Waals surface area contributed by atoms with Gasteiger partial charge in [-0.05, 0) is 30.7 Å². The van der Waals surface area contributed by atoms with Crippen molar-refractivity contribution in [2.75, 3.05) is 13.1 Å². The van der Waals surface area contributed by atoms with Crippen molar-refractivity contribution in [2.45, 2.75) is 12.3 Å². The van der Waals surface area contributed by atoms with Gasteiger partial charge in [0.1, 0.15) is 0 Å². The second-order valence-electron chi connectivity index (χ2n) is 5.79. The van der Waals surface area contributed by atoms with Crippen molar-refractivity contribution >= 4 is 5.91 Å². The molecule has 24 heavy (non-hydrogen) atoms. The first-order valence-electron chi connectivity index (χ1n) is 7.89. The lowest BCUT2D eigenvalue weighted by Gasteiger charge is -2.15. The van der Waals surface area contributed by atoms with Crippen LogP contribution in [0.1, 0.15) is 28.6 Å². The summed E-state index contributed by atoms with van der Waals surface area (Å²) < 4.78 is 5.79. The number of aromatic nitrogens is 3. The fraction of sp³-hybridized carbons (Fsp3) is 0.222. The fourth-order valence-corrected chi connectivity index (χ4v) is 2.92. The van der Waals surface area contributed by atoms with Gasteiger partial charge in [0.05, 0.1) is 11.5 Å². The van der Waals surface area contributed by atoms with E-state index in [0.717, 1.165) is 12.0 Å². The molecule has 0 radical (unpaired) electrons. The molecule has 1 unspecified atom stereocenters. The van der Waals surface area contributed by atoms with E-state index in [1.54, 1.807) is 12.4 Å². The van der Waals surface area contributed by atoms with E-state index in [-0.39, 0.29) is 11.8 Å². The fourth-order valence-electron chi connectivity index (χ4n) is 2.92. The van der Waals surface area contributed by atoms with Gasteiger partial charge in [-0.15, -0.1) is 10.2 Å². The number of carbonyl (C=O) groups excluding carboxylic acids is 1. The van der Waals surface area contributed by atoms with E-state index in [1.165, 1.54) is 0 Å². The third-order valence-corrected chi connectivity index (χ3v) is 4.19. The van der Waals surface area contributed by atoms with Gasteiger partial charge in [0.15, 0.2) is 0 Å². The van der Waals surface area contributed by atoms with Crippen molar-refractivity contribution in [1.29, 1.82) is 0 Å². The molecular weight excluding hydrogens is 304 g/mol.